The maximum atomic E-state index is 13.3. The first-order valence-corrected chi connectivity index (χ1v) is 13.1. The van der Waals surface area contributed by atoms with Crippen LogP contribution in [0.1, 0.15) is 37.5 Å². The molecule has 0 aromatic heterocycles. The van der Waals surface area contributed by atoms with E-state index < -0.39 is 31.0 Å². The molecular weight excluding hydrogens is 406 g/mol. The minimum Gasteiger partial charge on any atom is -0.308 e. The van der Waals surface area contributed by atoms with Gasteiger partial charge in [-0.05, 0) is 41.2 Å². The lowest BCUT2D eigenvalue weighted by molar-refractivity contribution is 0.525. The van der Waals surface area contributed by atoms with Crippen LogP contribution in [0.25, 0.3) is 0 Å². The van der Waals surface area contributed by atoms with Crippen molar-refractivity contribution in [3.05, 3.63) is 65.2 Å². The summed E-state index contributed by atoms with van der Waals surface area (Å²) in [6.45, 7) is 8.60. The summed E-state index contributed by atoms with van der Waals surface area (Å²) in [4.78, 5) is 0.176. The predicted octanol–water partition coefficient (Wildman–Crippen LogP) is 3.02. The van der Waals surface area contributed by atoms with Crippen LogP contribution < -0.4 is 5.32 Å². The number of hydrogen-bond donors (Lipinski definition) is 1. The highest BCUT2D eigenvalue weighted by Gasteiger charge is 2.45. The Balaban J connectivity index is 1.86. The summed E-state index contributed by atoms with van der Waals surface area (Å²) >= 11 is 0. The summed E-state index contributed by atoms with van der Waals surface area (Å²) in [5.74, 6) is -0.509. The molecule has 0 unspecified atom stereocenters. The van der Waals surface area contributed by atoms with Gasteiger partial charge in [-0.2, -0.15) is 0 Å². The van der Waals surface area contributed by atoms with Crippen LogP contribution in [0.15, 0.2) is 53.4 Å². The molecule has 3 rings (SSSR count). The molecule has 29 heavy (non-hydrogen) atoms. The van der Waals surface area contributed by atoms with E-state index in [0.717, 1.165) is 16.7 Å². The standard InChI is InChI=1S/C22H29NO4S2/c1-16-7-5-6-8-17(16)13-23-20-14-28(24,25)15-21(20)29(26,27)19-11-9-18(10-12-19)22(2,3)4/h5-12,20-21,23H,13-15H2,1-4H3/t20-,21-/m0/s1. The van der Waals surface area contributed by atoms with Crippen molar-refractivity contribution < 1.29 is 16.8 Å². The van der Waals surface area contributed by atoms with Crippen molar-refractivity contribution in [1.82, 2.24) is 5.32 Å². The zero-order chi connectivity index (χ0) is 21.4. The molecule has 158 valence electrons. The van der Waals surface area contributed by atoms with Crippen molar-refractivity contribution >= 4 is 19.7 Å². The molecule has 1 saturated heterocycles. The number of nitrogens with one attached hydrogen (secondary N) is 1. The molecule has 5 nitrogen and oxygen atoms in total. The third kappa shape index (κ3) is 4.90. The average Bonchev–Trinajstić information content (AvgIpc) is 2.96. The minimum absolute atomic E-state index is 0.0867. The molecule has 0 spiro atoms. The molecule has 1 fully saturated rings. The molecule has 2 aromatic rings. The molecule has 0 radical (unpaired) electrons. The van der Waals surface area contributed by atoms with Gasteiger partial charge in [-0.3, -0.25) is 0 Å². The van der Waals surface area contributed by atoms with Crippen molar-refractivity contribution in [1.29, 1.82) is 0 Å². The van der Waals surface area contributed by atoms with E-state index >= 15 is 0 Å². The molecule has 2 atom stereocenters. The summed E-state index contributed by atoms with van der Waals surface area (Å²) in [5.41, 5.74) is 3.06. The van der Waals surface area contributed by atoms with Gasteiger partial charge in [0.05, 0.1) is 21.7 Å². The third-order valence-corrected chi connectivity index (χ3v) is 9.73. The van der Waals surface area contributed by atoms with Crippen LogP contribution in [0, 0.1) is 6.92 Å². The van der Waals surface area contributed by atoms with Crippen molar-refractivity contribution in [2.75, 3.05) is 11.5 Å². The first-order valence-electron chi connectivity index (χ1n) is 9.73. The Morgan fingerprint density at radius 1 is 1.00 bits per heavy atom. The number of rotatable bonds is 5. The molecule has 1 aliphatic heterocycles. The Morgan fingerprint density at radius 3 is 2.21 bits per heavy atom. The first-order chi connectivity index (χ1) is 13.4. The van der Waals surface area contributed by atoms with Gasteiger partial charge in [0, 0.05) is 12.6 Å². The first kappa shape index (κ1) is 22.0. The van der Waals surface area contributed by atoms with Gasteiger partial charge in [0.2, 0.25) is 0 Å². The molecule has 7 heteroatoms. The van der Waals surface area contributed by atoms with E-state index in [9.17, 15) is 16.8 Å². The van der Waals surface area contributed by atoms with E-state index in [1.807, 2.05) is 43.3 Å². The van der Waals surface area contributed by atoms with Gasteiger partial charge in [-0.25, -0.2) is 16.8 Å². The highest BCUT2D eigenvalue weighted by Crippen LogP contribution is 2.29. The van der Waals surface area contributed by atoms with Gasteiger partial charge in [0.25, 0.3) is 0 Å². The van der Waals surface area contributed by atoms with Crippen LogP contribution in [-0.4, -0.2) is 39.6 Å². The molecular formula is C22H29NO4S2. The molecule has 1 heterocycles. The van der Waals surface area contributed by atoms with Crippen LogP contribution in [0.2, 0.25) is 0 Å². The lowest BCUT2D eigenvalue weighted by atomic mass is 9.87. The maximum Gasteiger partial charge on any atom is 0.183 e. The van der Waals surface area contributed by atoms with Gasteiger partial charge >= 0.3 is 0 Å². The second-order valence-electron chi connectivity index (χ2n) is 8.85. The van der Waals surface area contributed by atoms with E-state index in [4.69, 9.17) is 0 Å². The number of benzene rings is 2. The molecule has 0 amide bonds. The van der Waals surface area contributed by atoms with Crippen LogP contribution in [0.3, 0.4) is 0 Å². The molecule has 0 aliphatic carbocycles. The molecule has 1 N–H and O–H groups in total. The fourth-order valence-electron chi connectivity index (χ4n) is 3.68. The summed E-state index contributed by atoms with van der Waals surface area (Å²) in [6.07, 6.45) is 0. The van der Waals surface area contributed by atoms with Crippen molar-refractivity contribution in [3.63, 3.8) is 0 Å². The van der Waals surface area contributed by atoms with Crippen LogP contribution in [-0.2, 0) is 31.6 Å². The van der Waals surface area contributed by atoms with Crippen LogP contribution in [0.5, 0.6) is 0 Å². The van der Waals surface area contributed by atoms with Crippen molar-refractivity contribution in [3.8, 4) is 0 Å². The second kappa shape index (κ2) is 7.85. The number of sulfone groups is 2. The summed E-state index contributed by atoms with van der Waals surface area (Å²) in [5, 5.41) is 2.21. The predicted molar refractivity (Wildman–Crippen MR) is 117 cm³/mol. The van der Waals surface area contributed by atoms with E-state index in [1.54, 1.807) is 12.1 Å². The average molecular weight is 436 g/mol. The van der Waals surface area contributed by atoms with Gasteiger partial charge in [-0.15, -0.1) is 0 Å². The summed E-state index contributed by atoms with van der Waals surface area (Å²) in [6, 6.07) is 14.0. The van der Waals surface area contributed by atoms with Gasteiger partial charge < -0.3 is 5.32 Å². The molecule has 0 bridgehead atoms. The lowest BCUT2D eigenvalue weighted by Crippen LogP contribution is -2.43. The number of aryl methyl sites for hydroxylation is 1. The van der Waals surface area contributed by atoms with E-state index in [-0.39, 0.29) is 21.8 Å². The molecule has 2 aromatic carbocycles. The monoisotopic (exact) mass is 435 g/mol. The van der Waals surface area contributed by atoms with Gasteiger partial charge in [0.1, 0.15) is 0 Å². The zero-order valence-corrected chi connectivity index (χ0v) is 19.0. The smallest absolute Gasteiger partial charge is 0.183 e. The van der Waals surface area contributed by atoms with Crippen molar-refractivity contribution in [2.45, 2.75) is 55.8 Å². The van der Waals surface area contributed by atoms with E-state index in [2.05, 4.69) is 26.1 Å². The Morgan fingerprint density at radius 2 is 1.62 bits per heavy atom. The zero-order valence-electron chi connectivity index (χ0n) is 17.3. The SMILES string of the molecule is Cc1ccccc1CN[C@H]1CS(=O)(=O)C[C@@H]1S(=O)(=O)c1ccc(C(C)(C)C)cc1. The fourth-order valence-corrected chi connectivity index (χ4v) is 8.40. The van der Waals surface area contributed by atoms with E-state index in [0.29, 0.717) is 6.54 Å². The Labute approximate surface area is 174 Å². The third-order valence-electron chi connectivity index (χ3n) is 5.56. The van der Waals surface area contributed by atoms with Gasteiger partial charge in [0.15, 0.2) is 19.7 Å². The normalized spacial score (nSPS) is 21.9. The van der Waals surface area contributed by atoms with Crippen LogP contribution >= 0.6 is 0 Å². The minimum atomic E-state index is -3.78. The van der Waals surface area contributed by atoms with E-state index in [1.165, 1.54) is 0 Å². The number of hydrogen-bond acceptors (Lipinski definition) is 5. The Hall–Kier alpha value is -1.70. The lowest BCUT2D eigenvalue weighted by Gasteiger charge is -2.22. The largest absolute Gasteiger partial charge is 0.308 e. The topological polar surface area (TPSA) is 80.3 Å². The summed E-state index contributed by atoms with van der Waals surface area (Å²) in [7, 11) is -7.20. The molecule has 1 aliphatic rings. The Kier molecular flexibility index (Phi) is 5.96. The fraction of sp³-hybridized carbons (Fsp3) is 0.455. The molecule has 0 saturated carbocycles. The Bertz CT molecular complexity index is 1080. The van der Waals surface area contributed by atoms with Crippen molar-refractivity contribution in [2.24, 2.45) is 0 Å². The van der Waals surface area contributed by atoms with Gasteiger partial charge in [-0.1, -0.05) is 57.2 Å². The summed E-state index contributed by atoms with van der Waals surface area (Å²) < 4.78 is 51.1. The maximum absolute atomic E-state index is 13.3. The highest BCUT2D eigenvalue weighted by molar-refractivity contribution is 7.96. The second-order valence-corrected chi connectivity index (χ2v) is 13.2. The quantitative estimate of drug-likeness (QED) is 0.781. The highest BCUT2D eigenvalue weighted by atomic mass is 32.2. The van der Waals surface area contributed by atoms with Crippen LogP contribution in [0.4, 0.5) is 0 Å².